The van der Waals surface area contributed by atoms with E-state index in [9.17, 15) is 14.7 Å². The zero-order valence-corrected chi connectivity index (χ0v) is 16.6. The standard InChI is InChI=1S/C25H22N2O3/c1-27-22-13-12-19(24(29)26-16-18-10-6-3-7-11-18)15-20(22)23(28)21(25(27)30)14-17-8-4-2-5-9-17/h2-13,15,28H,14,16H2,1H3,(H,26,29). The molecule has 4 aromatic rings. The first-order chi connectivity index (χ1) is 14.5. The molecule has 3 aromatic carbocycles. The van der Waals surface area contributed by atoms with Crippen molar-refractivity contribution in [3.05, 3.63) is 111 Å². The van der Waals surface area contributed by atoms with Gasteiger partial charge in [-0.1, -0.05) is 60.7 Å². The van der Waals surface area contributed by atoms with Crippen LogP contribution in [0.25, 0.3) is 10.9 Å². The van der Waals surface area contributed by atoms with Crippen molar-refractivity contribution >= 4 is 16.8 Å². The molecule has 2 N–H and O–H groups in total. The summed E-state index contributed by atoms with van der Waals surface area (Å²) in [4.78, 5) is 25.4. The molecule has 0 aliphatic heterocycles. The van der Waals surface area contributed by atoms with E-state index >= 15 is 0 Å². The number of nitrogens with one attached hydrogen (secondary N) is 1. The van der Waals surface area contributed by atoms with Crippen molar-refractivity contribution in [3.8, 4) is 5.75 Å². The van der Waals surface area contributed by atoms with Crippen LogP contribution >= 0.6 is 0 Å². The van der Waals surface area contributed by atoms with Crippen molar-refractivity contribution in [1.82, 2.24) is 9.88 Å². The third kappa shape index (κ3) is 3.82. The third-order valence-corrected chi connectivity index (χ3v) is 5.24. The quantitative estimate of drug-likeness (QED) is 0.538. The molecule has 150 valence electrons. The van der Waals surface area contributed by atoms with E-state index in [1.54, 1.807) is 25.2 Å². The average Bonchev–Trinajstić information content (AvgIpc) is 2.80. The van der Waals surface area contributed by atoms with Gasteiger partial charge in [0.05, 0.1) is 11.1 Å². The van der Waals surface area contributed by atoms with E-state index in [2.05, 4.69) is 5.32 Å². The lowest BCUT2D eigenvalue weighted by Gasteiger charge is -2.13. The predicted octanol–water partition coefficient (Wildman–Crippen LogP) is 3.76. The summed E-state index contributed by atoms with van der Waals surface area (Å²) in [6, 6.07) is 24.2. The van der Waals surface area contributed by atoms with Gasteiger partial charge in [-0.2, -0.15) is 0 Å². The molecule has 5 heteroatoms. The van der Waals surface area contributed by atoms with Gasteiger partial charge in [-0.3, -0.25) is 9.59 Å². The molecule has 0 saturated carbocycles. The van der Waals surface area contributed by atoms with Crippen molar-refractivity contribution in [2.75, 3.05) is 0 Å². The summed E-state index contributed by atoms with van der Waals surface area (Å²) in [7, 11) is 1.67. The van der Waals surface area contributed by atoms with Crippen LogP contribution in [0.1, 0.15) is 27.0 Å². The van der Waals surface area contributed by atoms with E-state index in [0.717, 1.165) is 11.1 Å². The topological polar surface area (TPSA) is 71.3 Å². The average molecular weight is 398 g/mol. The van der Waals surface area contributed by atoms with E-state index in [0.29, 0.717) is 35.0 Å². The van der Waals surface area contributed by atoms with Gasteiger partial charge in [-0.25, -0.2) is 0 Å². The van der Waals surface area contributed by atoms with Gasteiger partial charge in [0, 0.05) is 31.0 Å². The van der Waals surface area contributed by atoms with Crippen molar-refractivity contribution < 1.29 is 9.90 Å². The number of pyridine rings is 1. The van der Waals surface area contributed by atoms with Gasteiger partial charge in [0.2, 0.25) is 0 Å². The van der Waals surface area contributed by atoms with Crippen LogP contribution in [-0.2, 0) is 20.0 Å². The van der Waals surface area contributed by atoms with Crippen LogP contribution in [0.5, 0.6) is 5.75 Å². The highest BCUT2D eigenvalue weighted by Crippen LogP contribution is 2.28. The van der Waals surface area contributed by atoms with Crippen LogP contribution in [0.2, 0.25) is 0 Å². The monoisotopic (exact) mass is 398 g/mol. The second-order valence-corrected chi connectivity index (χ2v) is 7.25. The maximum Gasteiger partial charge on any atom is 0.258 e. The van der Waals surface area contributed by atoms with Gasteiger partial charge in [0.15, 0.2) is 0 Å². The Morgan fingerprint density at radius 1 is 0.933 bits per heavy atom. The predicted molar refractivity (Wildman–Crippen MR) is 118 cm³/mol. The number of aryl methyl sites for hydroxylation is 1. The molecule has 1 aromatic heterocycles. The number of amides is 1. The Hall–Kier alpha value is -3.86. The summed E-state index contributed by atoms with van der Waals surface area (Å²) < 4.78 is 1.51. The second-order valence-electron chi connectivity index (χ2n) is 7.25. The Kier molecular flexibility index (Phi) is 5.35. The van der Waals surface area contributed by atoms with Crippen molar-refractivity contribution in [2.45, 2.75) is 13.0 Å². The zero-order valence-electron chi connectivity index (χ0n) is 16.6. The molecule has 0 spiro atoms. The number of nitrogens with zero attached hydrogens (tertiary/aromatic N) is 1. The molecule has 0 bridgehead atoms. The van der Waals surface area contributed by atoms with E-state index < -0.39 is 0 Å². The molecule has 0 radical (unpaired) electrons. The van der Waals surface area contributed by atoms with Crippen molar-refractivity contribution in [3.63, 3.8) is 0 Å². The minimum atomic E-state index is -0.245. The molecule has 0 aliphatic rings. The van der Waals surface area contributed by atoms with Gasteiger partial charge in [-0.05, 0) is 29.3 Å². The van der Waals surface area contributed by atoms with Gasteiger partial charge in [0.1, 0.15) is 5.75 Å². The minimum absolute atomic E-state index is 0.0744. The van der Waals surface area contributed by atoms with Crippen LogP contribution in [0.15, 0.2) is 83.7 Å². The van der Waals surface area contributed by atoms with E-state index in [1.807, 2.05) is 60.7 Å². The summed E-state index contributed by atoms with van der Waals surface area (Å²) in [5, 5.41) is 14.3. The molecule has 0 unspecified atom stereocenters. The third-order valence-electron chi connectivity index (χ3n) is 5.24. The smallest absolute Gasteiger partial charge is 0.258 e. The summed E-state index contributed by atoms with van der Waals surface area (Å²) in [5.74, 6) is -0.312. The molecule has 5 nitrogen and oxygen atoms in total. The fourth-order valence-electron chi connectivity index (χ4n) is 3.57. The Morgan fingerprint density at radius 2 is 1.57 bits per heavy atom. The van der Waals surface area contributed by atoms with Gasteiger partial charge in [-0.15, -0.1) is 0 Å². The molecule has 0 saturated heterocycles. The molecule has 0 atom stereocenters. The van der Waals surface area contributed by atoms with Crippen LogP contribution in [0, 0.1) is 0 Å². The minimum Gasteiger partial charge on any atom is -0.507 e. The number of fused-ring (bicyclic) bond motifs is 1. The molecule has 1 heterocycles. The Balaban J connectivity index is 1.69. The first-order valence-electron chi connectivity index (χ1n) is 9.75. The Morgan fingerprint density at radius 3 is 2.23 bits per heavy atom. The molecule has 1 amide bonds. The highest BCUT2D eigenvalue weighted by Gasteiger charge is 2.17. The number of hydrogen-bond acceptors (Lipinski definition) is 3. The van der Waals surface area contributed by atoms with Crippen LogP contribution < -0.4 is 10.9 Å². The molecular formula is C25H22N2O3. The summed E-state index contributed by atoms with van der Waals surface area (Å²) >= 11 is 0. The van der Waals surface area contributed by atoms with Crippen molar-refractivity contribution in [1.29, 1.82) is 0 Å². The zero-order chi connectivity index (χ0) is 21.1. The lowest BCUT2D eigenvalue weighted by molar-refractivity contribution is 0.0951. The first kappa shape index (κ1) is 19.5. The molecule has 0 fully saturated rings. The van der Waals surface area contributed by atoms with E-state index in [-0.39, 0.29) is 17.2 Å². The van der Waals surface area contributed by atoms with Gasteiger partial charge >= 0.3 is 0 Å². The highest BCUT2D eigenvalue weighted by molar-refractivity contribution is 5.99. The lowest BCUT2D eigenvalue weighted by atomic mass is 10.0. The largest absolute Gasteiger partial charge is 0.507 e. The van der Waals surface area contributed by atoms with Crippen LogP contribution in [0.3, 0.4) is 0 Å². The van der Waals surface area contributed by atoms with Gasteiger partial charge in [0.25, 0.3) is 11.5 Å². The normalized spacial score (nSPS) is 10.8. The number of hydrogen-bond donors (Lipinski definition) is 2. The summed E-state index contributed by atoms with van der Waals surface area (Å²) in [5.41, 5.74) is 3.01. The van der Waals surface area contributed by atoms with E-state index in [4.69, 9.17) is 0 Å². The number of carbonyl (C=O) groups excluding carboxylic acids is 1. The maximum atomic E-state index is 12.8. The lowest BCUT2D eigenvalue weighted by Crippen LogP contribution is -2.24. The van der Waals surface area contributed by atoms with E-state index in [1.165, 1.54) is 4.57 Å². The number of aromatic hydroxyl groups is 1. The Bertz CT molecular complexity index is 1260. The van der Waals surface area contributed by atoms with Crippen LogP contribution in [-0.4, -0.2) is 15.6 Å². The number of carbonyl (C=O) groups is 1. The maximum absolute atomic E-state index is 12.8. The second kappa shape index (κ2) is 8.25. The molecule has 4 rings (SSSR count). The molecule has 30 heavy (non-hydrogen) atoms. The fraction of sp³-hybridized carbons (Fsp3) is 0.120. The van der Waals surface area contributed by atoms with Gasteiger partial charge < -0.3 is 15.0 Å². The SMILES string of the molecule is Cn1c(=O)c(Cc2ccccc2)c(O)c2cc(C(=O)NCc3ccccc3)ccc21. The number of benzene rings is 3. The summed E-state index contributed by atoms with van der Waals surface area (Å²) in [6.07, 6.45) is 0.319. The molecular weight excluding hydrogens is 376 g/mol. The Labute approximate surface area is 174 Å². The fourth-order valence-corrected chi connectivity index (χ4v) is 3.57. The first-order valence-corrected chi connectivity index (χ1v) is 9.75. The van der Waals surface area contributed by atoms with Crippen molar-refractivity contribution in [2.24, 2.45) is 7.05 Å². The summed E-state index contributed by atoms with van der Waals surface area (Å²) in [6.45, 7) is 0.413. The molecule has 0 aliphatic carbocycles. The number of rotatable bonds is 5. The van der Waals surface area contributed by atoms with Crippen LogP contribution in [0.4, 0.5) is 0 Å². The number of aromatic nitrogens is 1. The highest BCUT2D eigenvalue weighted by atomic mass is 16.3.